The molecule has 1 rings (SSSR count). The summed E-state index contributed by atoms with van der Waals surface area (Å²) >= 11 is 0. The first kappa shape index (κ1) is 13.3. The molecular formula is C10H11F3N2O2. The van der Waals surface area contributed by atoms with Crippen molar-refractivity contribution in [2.45, 2.75) is 12.7 Å². The lowest BCUT2D eigenvalue weighted by molar-refractivity contribution is -0.139. The lowest BCUT2D eigenvalue weighted by atomic mass is 10.2. The molecule has 0 unspecified atom stereocenters. The van der Waals surface area contributed by atoms with Crippen molar-refractivity contribution in [3.8, 4) is 0 Å². The third kappa shape index (κ3) is 3.08. The van der Waals surface area contributed by atoms with Crippen LogP contribution in [0.2, 0.25) is 0 Å². The molecule has 0 aliphatic carbocycles. The van der Waals surface area contributed by atoms with E-state index in [9.17, 15) is 22.8 Å². The first-order valence-electron chi connectivity index (χ1n) is 4.70. The molecule has 17 heavy (non-hydrogen) atoms. The van der Waals surface area contributed by atoms with Crippen LogP contribution in [0.25, 0.3) is 0 Å². The summed E-state index contributed by atoms with van der Waals surface area (Å²) in [6.45, 7) is -0.407. The predicted molar refractivity (Wildman–Crippen MR) is 54.4 cm³/mol. The Morgan fingerprint density at radius 3 is 2.47 bits per heavy atom. The van der Waals surface area contributed by atoms with Crippen LogP contribution in [0.4, 0.5) is 13.2 Å². The lowest BCUT2D eigenvalue weighted by Crippen LogP contribution is -2.34. The number of rotatable bonds is 2. The zero-order valence-corrected chi connectivity index (χ0v) is 9.28. The molecule has 0 N–H and O–H groups in total. The number of hydrogen-bond acceptors (Lipinski definition) is 2. The minimum Gasteiger partial charge on any atom is -0.347 e. The Labute approximate surface area is 95.3 Å². The maximum absolute atomic E-state index is 12.4. The first-order chi connectivity index (χ1) is 7.73. The number of pyridine rings is 1. The van der Waals surface area contributed by atoms with E-state index in [1.165, 1.54) is 19.0 Å². The Hall–Kier alpha value is -1.79. The van der Waals surface area contributed by atoms with Crippen LogP contribution in [0, 0.1) is 0 Å². The van der Waals surface area contributed by atoms with Gasteiger partial charge in [0.25, 0.3) is 5.56 Å². The summed E-state index contributed by atoms with van der Waals surface area (Å²) in [7, 11) is 2.92. The van der Waals surface area contributed by atoms with Crippen molar-refractivity contribution < 1.29 is 18.0 Å². The zero-order chi connectivity index (χ0) is 13.2. The van der Waals surface area contributed by atoms with Gasteiger partial charge >= 0.3 is 6.18 Å². The number of amides is 1. The van der Waals surface area contributed by atoms with Crippen LogP contribution < -0.4 is 5.56 Å². The molecule has 0 spiro atoms. The van der Waals surface area contributed by atoms with Gasteiger partial charge in [-0.2, -0.15) is 13.2 Å². The van der Waals surface area contributed by atoms with E-state index < -0.39 is 29.8 Å². The van der Waals surface area contributed by atoms with Crippen molar-refractivity contribution >= 4 is 5.91 Å². The number of halogens is 3. The molecular weight excluding hydrogens is 237 g/mol. The van der Waals surface area contributed by atoms with Gasteiger partial charge in [0.2, 0.25) is 5.91 Å². The molecule has 1 aromatic rings. The van der Waals surface area contributed by atoms with Crippen molar-refractivity contribution in [2.75, 3.05) is 14.1 Å². The summed E-state index contributed by atoms with van der Waals surface area (Å²) in [6.07, 6.45) is -3.56. The van der Waals surface area contributed by atoms with Gasteiger partial charge in [0.05, 0.1) is 0 Å². The molecule has 0 aromatic carbocycles. The fourth-order valence-electron chi connectivity index (χ4n) is 1.16. The number of hydrogen-bond donors (Lipinski definition) is 0. The second-order valence-electron chi connectivity index (χ2n) is 3.64. The summed E-state index contributed by atoms with van der Waals surface area (Å²) in [5, 5.41) is 0. The smallest absolute Gasteiger partial charge is 0.347 e. The van der Waals surface area contributed by atoms with Gasteiger partial charge < -0.3 is 9.47 Å². The Morgan fingerprint density at radius 1 is 1.41 bits per heavy atom. The molecule has 0 radical (unpaired) electrons. The van der Waals surface area contributed by atoms with E-state index in [1.54, 1.807) is 0 Å². The third-order valence-corrected chi connectivity index (χ3v) is 2.13. The normalized spacial score (nSPS) is 11.4. The number of carbonyl (C=O) groups excluding carboxylic acids is 1. The lowest BCUT2D eigenvalue weighted by Gasteiger charge is -2.13. The minimum absolute atomic E-state index is 0.407. The van der Waals surface area contributed by atoms with Gasteiger partial charge in [0, 0.05) is 20.3 Å². The molecule has 94 valence electrons. The van der Waals surface area contributed by atoms with Crippen LogP contribution in [0.5, 0.6) is 0 Å². The van der Waals surface area contributed by atoms with Crippen molar-refractivity contribution in [3.05, 3.63) is 34.2 Å². The highest BCUT2D eigenvalue weighted by Gasteiger charge is 2.34. The van der Waals surface area contributed by atoms with Gasteiger partial charge in [-0.3, -0.25) is 9.59 Å². The largest absolute Gasteiger partial charge is 0.421 e. The van der Waals surface area contributed by atoms with Gasteiger partial charge in [0.15, 0.2) is 0 Å². The number of alkyl halides is 3. The monoisotopic (exact) mass is 248 g/mol. The minimum atomic E-state index is -4.71. The summed E-state index contributed by atoms with van der Waals surface area (Å²) in [5.41, 5.74) is -2.48. The molecule has 0 saturated heterocycles. The first-order valence-corrected chi connectivity index (χ1v) is 4.70. The molecule has 0 fully saturated rings. The van der Waals surface area contributed by atoms with Gasteiger partial charge in [-0.25, -0.2) is 0 Å². The highest BCUT2D eigenvalue weighted by atomic mass is 19.4. The quantitative estimate of drug-likeness (QED) is 0.782. The van der Waals surface area contributed by atoms with Gasteiger partial charge in [-0.05, 0) is 12.1 Å². The average molecular weight is 248 g/mol. The van der Waals surface area contributed by atoms with Crippen LogP contribution >= 0.6 is 0 Å². The van der Waals surface area contributed by atoms with E-state index in [0.717, 1.165) is 16.8 Å². The summed E-state index contributed by atoms with van der Waals surface area (Å²) < 4.78 is 38.0. The second-order valence-corrected chi connectivity index (χ2v) is 3.64. The van der Waals surface area contributed by atoms with Crippen LogP contribution in [0.1, 0.15) is 5.56 Å². The number of aromatic nitrogens is 1. The van der Waals surface area contributed by atoms with E-state index in [-0.39, 0.29) is 0 Å². The standard InChI is InChI=1S/C10H11F3N2O2/c1-14(2)8(16)6-15-5-3-4-7(9(15)17)10(11,12)13/h3-5H,6H2,1-2H3. The van der Waals surface area contributed by atoms with Gasteiger partial charge in [0.1, 0.15) is 12.1 Å². The Kier molecular flexibility index (Phi) is 3.59. The summed E-state index contributed by atoms with van der Waals surface area (Å²) in [4.78, 5) is 24.0. The average Bonchev–Trinajstić information content (AvgIpc) is 2.19. The number of carbonyl (C=O) groups is 1. The highest BCUT2D eigenvalue weighted by Crippen LogP contribution is 2.25. The van der Waals surface area contributed by atoms with Crippen molar-refractivity contribution in [1.29, 1.82) is 0 Å². The molecule has 1 heterocycles. The van der Waals surface area contributed by atoms with Crippen LogP contribution in [0.3, 0.4) is 0 Å². The molecule has 4 nitrogen and oxygen atoms in total. The van der Waals surface area contributed by atoms with E-state index >= 15 is 0 Å². The third-order valence-electron chi connectivity index (χ3n) is 2.13. The van der Waals surface area contributed by atoms with E-state index in [1.807, 2.05) is 0 Å². The molecule has 0 atom stereocenters. The summed E-state index contributed by atoms with van der Waals surface area (Å²) in [5.74, 6) is -0.452. The van der Waals surface area contributed by atoms with Crippen molar-refractivity contribution in [2.24, 2.45) is 0 Å². The van der Waals surface area contributed by atoms with E-state index in [2.05, 4.69) is 0 Å². The fourth-order valence-corrected chi connectivity index (χ4v) is 1.16. The molecule has 1 amide bonds. The maximum atomic E-state index is 12.4. The van der Waals surface area contributed by atoms with Crippen molar-refractivity contribution in [1.82, 2.24) is 9.47 Å². The Balaban J connectivity index is 3.12. The molecule has 1 aromatic heterocycles. The second kappa shape index (κ2) is 4.60. The molecule has 7 heteroatoms. The SMILES string of the molecule is CN(C)C(=O)Cn1cccc(C(F)(F)F)c1=O. The number of nitrogens with zero attached hydrogens (tertiary/aromatic N) is 2. The Bertz CT molecular complexity index is 477. The van der Waals surface area contributed by atoms with E-state index in [0.29, 0.717) is 6.07 Å². The zero-order valence-electron chi connectivity index (χ0n) is 9.28. The predicted octanol–water partition coefficient (Wildman–Crippen LogP) is 0.955. The topological polar surface area (TPSA) is 42.3 Å². The molecule has 0 bridgehead atoms. The van der Waals surface area contributed by atoms with Crippen LogP contribution in [0.15, 0.2) is 23.1 Å². The Morgan fingerprint density at radius 2 is 2.00 bits per heavy atom. The number of likely N-dealkylation sites (N-methyl/N-ethyl adjacent to an activating group) is 1. The van der Waals surface area contributed by atoms with Gasteiger partial charge in [-0.15, -0.1) is 0 Å². The molecule has 0 aliphatic heterocycles. The summed E-state index contributed by atoms with van der Waals surface area (Å²) in [6, 6.07) is 1.78. The fraction of sp³-hybridized carbons (Fsp3) is 0.400. The van der Waals surface area contributed by atoms with Crippen molar-refractivity contribution in [3.63, 3.8) is 0 Å². The van der Waals surface area contributed by atoms with Gasteiger partial charge in [-0.1, -0.05) is 0 Å². The maximum Gasteiger partial charge on any atom is 0.421 e. The molecule has 0 aliphatic rings. The van der Waals surface area contributed by atoms with Crippen LogP contribution in [-0.2, 0) is 17.5 Å². The van der Waals surface area contributed by atoms with Crippen LogP contribution in [-0.4, -0.2) is 29.5 Å². The molecule has 0 saturated carbocycles. The highest BCUT2D eigenvalue weighted by molar-refractivity contribution is 5.75. The van der Waals surface area contributed by atoms with E-state index in [4.69, 9.17) is 0 Å².